The van der Waals surface area contributed by atoms with Gasteiger partial charge in [-0.05, 0) is 48.6 Å². The molecule has 1 N–H and O–H groups in total. The third-order valence-electron chi connectivity index (χ3n) is 8.78. The maximum Gasteiger partial charge on any atom is 0.302 e. The molecule has 5 rings (SSSR count). The van der Waals surface area contributed by atoms with Crippen LogP contribution in [-0.2, 0) is 9.53 Å². The van der Waals surface area contributed by atoms with Gasteiger partial charge in [0.2, 0.25) is 0 Å². The molecule has 0 amide bonds. The number of carbonyl (C=O) groups excluding carboxylic acids is 1. The minimum absolute atomic E-state index is 0.0318. The Hall–Kier alpha value is -1.77. The fraction of sp³-hybridized carbons (Fsp3) is 0.640. The van der Waals surface area contributed by atoms with Gasteiger partial charge in [0.1, 0.15) is 6.10 Å². The third kappa shape index (κ3) is 2.31. The van der Waals surface area contributed by atoms with Crippen LogP contribution in [0.3, 0.4) is 0 Å². The number of ether oxygens (including phenoxy) is 1. The Morgan fingerprint density at radius 2 is 1.93 bits per heavy atom. The fourth-order valence-corrected chi connectivity index (χ4v) is 7.11. The van der Waals surface area contributed by atoms with E-state index in [-0.39, 0.29) is 22.9 Å². The first-order valence-corrected chi connectivity index (χ1v) is 11.0. The molecule has 1 aliphatic heterocycles. The third-order valence-corrected chi connectivity index (χ3v) is 8.78. The van der Waals surface area contributed by atoms with Crippen LogP contribution in [0, 0.1) is 22.7 Å². The summed E-state index contributed by atoms with van der Waals surface area (Å²) < 4.78 is 5.93. The van der Waals surface area contributed by atoms with E-state index in [0.717, 1.165) is 12.8 Å². The van der Waals surface area contributed by atoms with E-state index in [0.29, 0.717) is 23.8 Å². The second-order valence-electron chi connectivity index (χ2n) is 10.5. The van der Waals surface area contributed by atoms with Crippen molar-refractivity contribution in [3.63, 3.8) is 0 Å². The van der Waals surface area contributed by atoms with E-state index in [1.54, 1.807) is 18.1 Å². The molecule has 4 aliphatic rings. The standard InChI is InChI=1S/C25H33NO2/c1-14-10-11-19-22-17(12-21(24(19,3)4)28-15(2)27)23-18(13-25(14,22)5)16-8-6-7-9-20(16)26-23/h6-9,14,17-18,21,23,26H,10-13H2,1-5H3/t14-,17-,18-,21-,23-,25+/m1/s1. The van der Waals surface area contributed by atoms with Gasteiger partial charge < -0.3 is 10.1 Å². The van der Waals surface area contributed by atoms with Gasteiger partial charge in [-0.1, -0.05) is 57.0 Å². The molecule has 0 spiro atoms. The van der Waals surface area contributed by atoms with E-state index < -0.39 is 0 Å². The molecule has 0 unspecified atom stereocenters. The molecular weight excluding hydrogens is 346 g/mol. The van der Waals surface area contributed by atoms with Crippen molar-refractivity contribution in [1.29, 1.82) is 0 Å². The van der Waals surface area contributed by atoms with E-state index in [4.69, 9.17) is 4.74 Å². The van der Waals surface area contributed by atoms with Crippen molar-refractivity contribution < 1.29 is 9.53 Å². The van der Waals surface area contributed by atoms with Crippen LogP contribution in [0.15, 0.2) is 35.4 Å². The number of hydrogen-bond acceptors (Lipinski definition) is 3. The molecule has 150 valence electrons. The molecule has 0 radical (unpaired) electrons. The first kappa shape index (κ1) is 18.3. The number of hydrogen-bond donors (Lipinski definition) is 1. The van der Waals surface area contributed by atoms with Gasteiger partial charge in [-0.15, -0.1) is 0 Å². The number of fused-ring (bicyclic) bond motifs is 4. The minimum Gasteiger partial charge on any atom is -0.462 e. The number of anilines is 1. The van der Waals surface area contributed by atoms with Crippen LogP contribution in [0.5, 0.6) is 0 Å². The van der Waals surface area contributed by atoms with Gasteiger partial charge in [-0.2, -0.15) is 0 Å². The smallest absolute Gasteiger partial charge is 0.302 e. The molecule has 3 nitrogen and oxygen atoms in total. The molecule has 1 aromatic rings. The molecule has 0 saturated heterocycles. The van der Waals surface area contributed by atoms with Crippen LogP contribution in [0.1, 0.15) is 71.8 Å². The zero-order chi connectivity index (χ0) is 19.8. The topological polar surface area (TPSA) is 38.3 Å². The Kier molecular flexibility index (Phi) is 3.83. The van der Waals surface area contributed by atoms with Crippen molar-refractivity contribution in [2.45, 2.75) is 78.4 Å². The van der Waals surface area contributed by atoms with Crippen molar-refractivity contribution in [3.8, 4) is 0 Å². The van der Waals surface area contributed by atoms with E-state index in [1.165, 1.54) is 24.1 Å². The molecule has 0 aromatic heterocycles. The quantitative estimate of drug-likeness (QED) is 0.504. The average molecular weight is 380 g/mol. The van der Waals surface area contributed by atoms with E-state index in [9.17, 15) is 4.79 Å². The van der Waals surface area contributed by atoms with Gasteiger partial charge in [-0.3, -0.25) is 4.79 Å². The monoisotopic (exact) mass is 379 g/mol. The molecule has 6 atom stereocenters. The lowest BCUT2D eigenvalue weighted by atomic mass is 9.47. The second kappa shape index (κ2) is 5.87. The predicted octanol–water partition coefficient (Wildman–Crippen LogP) is 5.68. The lowest BCUT2D eigenvalue weighted by molar-refractivity contribution is -0.154. The van der Waals surface area contributed by atoms with Crippen LogP contribution >= 0.6 is 0 Å². The number of esters is 1. The average Bonchev–Trinajstić information content (AvgIpc) is 2.99. The summed E-state index contributed by atoms with van der Waals surface area (Å²) in [6.07, 6.45) is 4.53. The van der Waals surface area contributed by atoms with Crippen molar-refractivity contribution in [2.75, 3.05) is 5.32 Å². The van der Waals surface area contributed by atoms with Gasteiger partial charge in [0.25, 0.3) is 0 Å². The molecule has 28 heavy (non-hydrogen) atoms. The van der Waals surface area contributed by atoms with Crippen molar-refractivity contribution in [3.05, 3.63) is 41.0 Å². The fourth-order valence-electron chi connectivity index (χ4n) is 7.11. The minimum atomic E-state index is -0.149. The highest BCUT2D eigenvalue weighted by atomic mass is 16.5. The number of rotatable bonds is 1. The Morgan fingerprint density at radius 1 is 1.18 bits per heavy atom. The van der Waals surface area contributed by atoms with Crippen molar-refractivity contribution in [1.82, 2.24) is 0 Å². The first-order chi connectivity index (χ1) is 13.2. The van der Waals surface area contributed by atoms with Crippen LogP contribution in [-0.4, -0.2) is 18.1 Å². The van der Waals surface area contributed by atoms with Crippen LogP contribution < -0.4 is 5.32 Å². The zero-order valence-corrected chi connectivity index (χ0v) is 17.8. The van der Waals surface area contributed by atoms with E-state index >= 15 is 0 Å². The predicted molar refractivity (Wildman–Crippen MR) is 112 cm³/mol. The van der Waals surface area contributed by atoms with E-state index in [1.807, 2.05) is 0 Å². The van der Waals surface area contributed by atoms with Crippen LogP contribution in [0.2, 0.25) is 0 Å². The summed E-state index contributed by atoms with van der Waals surface area (Å²) in [6.45, 7) is 11.1. The molecule has 1 aromatic carbocycles. The van der Waals surface area contributed by atoms with E-state index in [2.05, 4.69) is 57.3 Å². The number of carbonyl (C=O) groups is 1. The Labute approximate surface area is 168 Å². The summed E-state index contributed by atoms with van der Waals surface area (Å²) in [5.41, 5.74) is 6.27. The van der Waals surface area contributed by atoms with Gasteiger partial charge >= 0.3 is 5.97 Å². The molecular formula is C25H33NO2. The van der Waals surface area contributed by atoms with Crippen molar-refractivity contribution in [2.24, 2.45) is 22.7 Å². The van der Waals surface area contributed by atoms with Crippen LogP contribution in [0.4, 0.5) is 5.69 Å². The Morgan fingerprint density at radius 3 is 2.68 bits per heavy atom. The summed E-state index contributed by atoms with van der Waals surface area (Å²) >= 11 is 0. The molecule has 1 saturated carbocycles. The number of para-hydroxylation sites is 1. The largest absolute Gasteiger partial charge is 0.462 e. The second-order valence-corrected chi connectivity index (χ2v) is 10.5. The molecule has 1 fully saturated rings. The summed E-state index contributed by atoms with van der Waals surface area (Å²) in [6, 6.07) is 9.29. The molecule has 3 aliphatic carbocycles. The van der Waals surface area contributed by atoms with Crippen molar-refractivity contribution >= 4 is 11.7 Å². The van der Waals surface area contributed by atoms with Gasteiger partial charge in [0.05, 0.1) is 0 Å². The summed E-state index contributed by atoms with van der Waals surface area (Å²) in [5.74, 6) is 1.55. The number of nitrogens with one attached hydrogen (secondary N) is 1. The summed E-state index contributed by atoms with van der Waals surface area (Å²) in [5, 5.41) is 3.88. The maximum atomic E-state index is 11.9. The summed E-state index contributed by atoms with van der Waals surface area (Å²) in [4.78, 5) is 11.9. The highest BCUT2D eigenvalue weighted by Crippen LogP contribution is 2.66. The Bertz CT molecular complexity index is 869. The normalized spacial score (nSPS) is 40.1. The first-order valence-electron chi connectivity index (χ1n) is 11.0. The SMILES string of the molecule is CC(=O)O[C@@H]1C[C@@H]2C3=C(CC[C@@H](C)[C@]3(C)C[C@@H]3c4ccccc4N[C@H]23)C1(C)C. The molecule has 1 heterocycles. The maximum absolute atomic E-state index is 11.9. The molecule has 0 bridgehead atoms. The highest BCUT2D eigenvalue weighted by molar-refractivity contribution is 5.66. The van der Waals surface area contributed by atoms with Gasteiger partial charge in [-0.25, -0.2) is 0 Å². The molecule has 3 heteroatoms. The lowest BCUT2D eigenvalue weighted by Crippen LogP contribution is -2.55. The number of benzene rings is 1. The summed E-state index contributed by atoms with van der Waals surface area (Å²) in [7, 11) is 0. The Balaban J connectivity index is 1.67. The van der Waals surface area contributed by atoms with Gasteiger partial charge in [0, 0.05) is 35.9 Å². The lowest BCUT2D eigenvalue weighted by Gasteiger charge is -2.59. The highest BCUT2D eigenvalue weighted by Gasteiger charge is 2.59. The van der Waals surface area contributed by atoms with Gasteiger partial charge in [0.15, 0.2) is 0 Å². The van der Waals surface area contributed by atoms with Crippen LogP contribution in [0.25, 0.3) is 0 Å². The zero-order valence-electron chi connectivity index (χ0n) is 17.8.